The average Bonchev–Trinajstić information content (AvgIpc) is 3.04. The lowest BCUT2D eigenvalue weighted by atomic mass is 9.93. The van der Waals surface area contributed by atoms with Gasteiger partial charge in [-0.2, -0.15) is 0 Å². The smallest absolute Gasteiger partial charge is 0.127 e. The van der Waals surface area contributed by atoms with Crippen molar-refractivity contribution < 1.29 is 9.50 Å². The molecule has 1 nitrogen and oxygen atoms in total. The normalized spacial score (nSPS) is 19.5. The zero-order chi connectivity index (χ0) is 11.7. The molecule has 1 aromatic carbocycles. The Morgan fingerprint density at radius 1 is 1.50 bits per heavy atom. The molecule has 88 valence electrons. The van der Waals surface area contributed by atoms with Gasteiger partial charge in [-0.1, -0.05) is 28.9 Å². The largest absolute Gasteiger partial charge is 0.392 e. The minimum atomic E-state index is -0.428. The van der Waals surface area contributed by atoms with Gasteiger partial charge in [0.15, 0.2) is 0 Å². The Balaban J connectivity index is 2.02. The van der Waals surface area contributed by atoms with Crippen molar-refractivity contribution in [2.45, 2.75) is 32.3 Å². The molecule has 0 saturated heterocycles. The molecular weight excluding hydrogens is 271 g/mol. The molecule has 16 heavy (non-hydrogen) atoms. The molecule has 1 aromatic rings. The topological polar surface area (TPSA) is 20.2 Å². The van der Waals surface area contributed by atoms with E-state index in [4.69, 9.17) is 0 Å². The van der Waals surface area contributed by atoms with Crippen LogP contribution in [0, 0.1) is 17.7 Å². The molecular formula is C13H16BrFO. The number of rotatable bonds is 4. The van der Waals surface area contributed by atoms with E-state index in [1.165, 1.54) is 18.9 Å². The van der Waals surface area contributed by atoms with Crippen molar-refractivity contribution >= 4 is 15.9 Å². The zero-order valence-corrected chi connectivity index (χ0v) is 10.9. The second-order valence-electron chi connectivity index (χ2n) is 4.70. The summed E-state index contributed by atoms with van der Waals surface area (Å²) in [6.07, 6.45) is 2.40. The molecule has 1 N–H and O–H groups in total. The maximum absolute atomic E-state index is 13.5. The third kappa shape index (κ3) is 2.83. The van der Waals surface area contributed by atoms with E-state index in [0.29, 0.717) is 17.9 Å². The molecule has 1 fully saturated rings. The number of aliphatic hydroxyl groups is 1. The quantitative estimate of drug-likeness (QED) is 0.898. The maximum atomic E-state index is 13.5. The summed E-state index contributed by atoms with van der Waals surface area (Å²) in [5.74, 6) is 0.688. The Labute approximate surface area is 104 Å². The average molecular weight is 287 g/mol. The summed E-state index contributed by atoms with van der Waals surface area (Å²) >= 11 is 3.22. The molecule has 0 aromatic heterocycles. The lowest BCUT2D eigenvalue weighted by Gasteiger charge is -2.18. The van der Waals surface area contributed by atoms with Crippen LogP contribution in [0.5, 0.6) is 0 Å². The molecule has 0 radical (unpaired) electrons. The molecule has 3 heteroatoms. The Morgan fingerprint density at radius 2 is 2.19 bits per heavy atom. The number of hydrogen-bond acceptors (Lipinski definition) is 1. The van der Waals surface area contributed by atoms with Crippen LogP contribution < -0.4 is 0 Å². The van der Waals surface area contributed by atoms with Crippen molar-refractivity contribution in [2.24, 2.45) is 11.8 Å². The van der Waals surface area contributed by atoms with E-state index >= 15 is 0 Å². The Bertz CT molecular complexity index is 376. The SMILES string of the molecule is CC(C(O)Cc1ccc(Br)cc1F)C1CC1. The first kappa shape index (κ1) is 12.1. The van der Waals surface area contributed by atoms with Gasteiger partial charge in [0.05, 0.1) is 6.10 Å². The second-order valence-corrected chi connectivity index (χ2v) is 5.62. The number of halogens is 2. The predicted octanol–water partition coefficient (Wildman–Crippen LogP) is 3.54. The summed E-state index contributed by atoms with van der Waals surface area (Å²) in [5, 5.41) is 10.00. The fourth-order valence-corrected chi connectivity index (χ4v) is 2.37. The Kier molecular flexibility index (Phi) is 3.65. The van der Waals surface area contributed by atoms with Crippen molar-refractivity contribution in [3.63, 3.8) is 0 Å². The van der Waals surface area contributed by atoms with Gasteiger partial charge >= 0.3 is 0 Å². The van der Waals surface area contributed by atoms with Gasteiger partial charge < -0.3 is 5.11 Å². The summed E-state index contributed by atoms with van der Waals surface area (Å²) in [6.45, 7) is 2.05. The van der Waals surface area contributed by atoms with E-state index in [0.717, 1.165) is 4.47 Å². The van der Waals surface area contributed by atoms with E-state index in [2.05, 4.69) is 22.9 Å². The second kappa shape index (κ2) is 4.84. The highest BCUT2D eigenvalue weighted by molar-refractivity contribution is 9.10. The highest BCUT2D eigenvalue weighted by Crippen LogP contribution is 2.38. The van der Waals surface area contributed by atoms with Crippen LogP contribution in [-0.2, 0) is 6.42 Å². The predicted molar refractivity (Wildman–Crippen MR) is 65.7 cm³/mol. The molecule has 0 spiro atoms. The maximum Gasteiger partial charge on any atom is 0.127 e. The fraction of sp³-hybridized carbons (Fsp3) is 0.538. The van der Waals surface area contributed by atoms with E-state index in [9.17, 15) is 9.50 Å². The van der Waals surface area contributed by atoms with Crippen LogP contribution in [0.3, 0.4) is 0 Å². The summed E-state index contributed by atoms with van der Waals surface area (Å²) in [6, 6.07) is 5.00. The lowest BCUT2D eigenvalue weighted by molar-refractivity contribution is 0.104. The van der Waals surface area contributed by atoms with Crippen molar-refractivity contribution in [2.75, 3.05) is 0 Å². The van der Waals surface area contributed by atoms with Crippen molar-refractivity contribution in [1.29, 1.82) is 0 Å². The highest BCUT2D eigenvalue weighted by atomic mass is 79.9. The van der Waals surface area contributed by atoms with E-state index in [1.807, 2.05) is 6.07 Å². The van der Waals surface area contributed by atoms with Crippen LogP contribution in [0.4, 0.5) is 4.39 Å². The number of aliphatic hydroxyl groups excluding tert-OH is 1. The molecule has 1 aliphatic rings. The van der Waals surface area contributed by atoms with Crippen molar-refractivity contribution in [3.05, 3.63) is 34.1 Å². The fourth-order valence-electron chi connectivity index (χ4n) is 2.03. The number of benzene rings is 1. The van der Waals surface area contributed by atoms with Gasteiger partial charge in [0, 0.05) is 10.9 Å². The molecule has 2 atom stereocenters. The Morgan fingerprint density at radius 3 is 2.75 bits per heavy atom. The van der Waals surface area contributed by atoms with Gasteiger partial charge in [-0.15, -0.1) is 0 Å². The van der Waals surface area contributed by atoms with Gasteiger partial charge in [0.25, 0.3) is 0 Å². The molecule has 0 amide bonds. The van der Waals surface area contributed by atoms with Crippen LogP contribution in [-0.4, -0.2) is 11.2 Å². The van der Waals surface area contributed by atoms with Crippen LogP contribution >= 0.6 is 15.9 Å². The molecule has 2 rings (SSSR count). The first-order chi connectivity index (χ1) is 7.58. The van der Waals surface area contributed by atoms with Gasteiger partial charge in [0.2, 0.25) is 0 Å². The summed E-state index contributed by atoms with van der Waals surface area (Å²) in [5.41, 5.74) is 0.600. The first-order valence-corrected chi connectivity index (χ1v) is 6.49. The first-order valence-electron chi connectivity index (χ1n) is 5.70. The molecule has 2 unspecified atom stereocenters. The molecule has 0 heterocycles. The Hall–Kier alpha value is -0.410. The summed E-state index contributed by atoms with van der Waals surface area (Å²) in [4.78, 5) is 0. The highest BCUT2D eigenvalue weighted by Gasteiger charge is 2.32. The third-order valence-electron chi connectivity index (χ3n) is 3.42. The van der Waals surface area contributed by atoms with Crippen molar-refractivity contribution in [1.82, 2.24) is 0 Å². The van der Waals surface area contributed by atoms with Crippen LogP contribution in [0.25, 0.3) is 0 Å². The molecule has 1 saturated carbocycles. The van der Waals surface area contributed by atoms with Gasteiger partial charge in [-0.3, -0.25) is 0 Å². The monoisotopic (exact) mass is 286 g/mol. The standard InChI is InChI=1S/C13H16BrFO/c1-8(9-2-3-9)13(16)6-10-4-5-11(14)7-12(10)15/h4-5,7-9,13,16H,2-3,6H2,1H3. The van der Waals surface area contributed by atoms with Crippen molar-refractivity contribution in [3.8, 4) is 0 Å². The molecule has 1 aliphatic carbocycles. The zero-order valence-electron chi connectivity index (χ0n) is 9.29. The summed E-state index contributed by atoms with van der Waals surface area (Å²) < 4.78 is 14.3. The lowest BCUT2D eigenvalue weighted by Crippen LogP contribution is -2.22. The van der Waals surface area contributed by atoms with Gasteiger partial charge in [-0.25, -0.2) is 4.39 Å². The van der Waals surface area contributed by atoms with E-state index in [1.54, 1.807) is 6.07 Å². The van der Waals surface area contributed by atoms with Gasteiger partial charge in [-0.05, 0) is 42.4 Å². The third-order valence-corrected chi connectivity index (χ3v) is 3.91. The van der Waals surface area contributed by atoms with Gasteiger partial charge in [0.1, 0.15) is 5.82 Å². The van der Waals surface area contributed by atoms with Crippen LogP contribution in [0.1, 0.15) is 25.3 Å². The number of hydrogen-bond donors (Lipinski definition) is 1. The van der Waals surface area contributed by atoms with Crippen LogP contribution in [0.2, 0.25) is 0 Å². The minimum absolute atomic E-state index is 0.239. The molecule has 0 bridgehead atoms. The minimum Gasteiger partial charge on any atom is -0.392 e. The van der Waals surface area contributed by atoms with Crippen LogP contribution in [0.15, 0.2) is 22.7 Å². The molecule has 0 aliphatic heterocycles. The summed E-state index contributed by atoms with van der Waals surface area (Å²) in [7, 11) is 0. The van der Waals surface area contributed by atoms with E-state index in [-0.39, 0.29) is 11.7 Å². The van der Waals surface area contributed by atoms with E-state index < -0.39 is 6.10 Å².